The maximum absolute atomic E-state index is 14.9. The summed E-state index contributed by atoms with van der Waals surface area (Å²) in [4.78, 5) is 65.2. The van der Waals surface area contributed by atoms with Gasteiger partial charge in [0, 0.05) is 61.8 Å². The molecule has 0 radical (unpaired) electrons. The number of ketones is 1. The van der Waals surface area contributed by atoms with Crippen LogP contribution in [0, 0.1) is 11.7 Å². The number of carbonyl (C=O) groups excluding carboxylic acids is 4. The highest BCUT2D eigenvalue weighted by molar-refractivity contribution is 6.42. The number of piperazine rings is 1. The zero-order chi connectivity index (χ0) is 40.9. The number of piperidine rings is 1. The molecule has 1 aliphatic carbocycles. The van der Waals surface area contributed by atoms with Crippen LogP contribution < -0.4 is 25.0 Å². The largest absolute Gasteiger partial charge is 0.493 e. The first-order valence-corrected chi connectivity index (χ1v) is 21.0. The van der Waals surface area contributed by atoms with Crippen molar-refractivity contribution in [3.05, 3.63) is 75.8 Å². The fourth-order valence-electron chi connectivity index (χ4n) is 9.98. The number of nitrogens with zero attached hydrogens (tertiary/aromatic N) is 5. The van der Waals surface area contributed by atoms with Gasteiger partial charge in [-0.2, -0.15) is 0 Å². The van der Waals surface area contributed by atoms with E-state index in [1.807, 2.05) is 12.1 Å². The number of benzene rings is 3. The lowest BCUT2D eigenvalue weighted by Gasteiger charge is -2.44. The maximum Gasteiger partial charge on any atom is 0.243 e. The summed E-state index contributed by atoms with van der Waals surface area (Å²) in [7, 11) is 1.59. The Hall–Kier alpha value is -4.89. The Bertz CT molecular complexity index is 2330. The van der Waals surface area contributed by atoms with Crippen LogP contribution in [0.5, 0.6) is 11.5 Å². The third-order valence-corrected chi connectivity index (χ3v) is 13.6. The van der Waals surface area contributed by atoms with Crippen LogP contribution in [0.1, 0.15) is 68.5 Å². The number of nitrogens with one attached hydrogen (secondary N) is 2. The van der Waals surface area contributed by atoms with E-state index in [0.717, 1.165) is 75.0 Å². The van der Waals surface area contributed by atoms with Gasteiger partial charge in [-0.1, -0.05) is 29.3 Å². The number of imide groups is 1. The molecule has 4 unspecified atom stereocenters. The molecule has 3 saturated heterocycles. The van der Waals surface area contributed by atoms with E-state index in [1.54, 1.807) is 18.1 Å². The quantitative estimate of drug-likeness (QED) is 0.0731. The minimum Gasteiger partial charge on any atom is -0.493 e. The van der Waals surface area contributed by atoms with Crippen LogP contribution in [-0.2, 0) is 25.7 Å². The van der Waals surface area contributed by atoms with Gasteiger partial charge in [0.25, 0.3) is 0 Å². The van der Waals surface area contributed by atoms with E-state index in [4.69, 9.17) is 32.7 Å². The van der Waals surface area contributed by atoms with E-state index in [0.29, 0.717) is 65.5 Å². The second-order valence-corrected chi connectivity index (χ2v) is 17.1. The zero-order valence-electron chi connectivity index (χ0n) is 32.5. The Morgan fingerprint density at radius 1 is 0.983 bits per heavy atom. The second kappa shape index (κ2) is 16.3. The monoisotopic (exact) mass is 843 g/mol. The number of hydrogen-bond acceptors (Lipinski definition) is 12. The summed E-state index contributed by atoms with van der Waals surface area (Å²) in [5.74, 6) is 0.0662. The molecule has 5 aliphatic rings. The first-order chi connectivity index (χ1) is 28.6. The highest BCUT2D eigenvalue weighted by Gasteiger charge is 2.45. The van der Waals surface area contributed by atoms with Gasteiger partial charge in [0.1, 0.15) is 18.2 Å². The number of carbonyl (C=O) groups is 4. The lowest BCUT2D eigenvalue weighted by atomic mass is 9.86. The number of methoxy groups -OCH3 is 1. The van der Waals surface area contributed by atoms with Crippen molar-refractivity contribution < 1.29 is 33.0 Å². The van der Waals surface area contributed by atoms with Gasteiger partial charge in [-0.05, 0) is 92.3 Å². The van der Waals surface area contributed by atoms with E-state index in [9.17, 15) is 23.6 Å². The normalized spacial score (nSPS) is 25.8. The first kappa shape index (κ1) is 39.6. The molecule has 13 nitrogen and oxygen atoms in total. The molecule has 4 atom stereocenters. The Labute approximate surface area is 350 Å². The number of ether oxygens (including phenoxy) is 2. The molecule has 59 heavy (non-hydrogen) atoms. The van der Waals surface area contributed by atoms with Crippen molar-refractivity contribution in [2.24, 2.45) is 5.92 Å². The van der Waals surface area contributed by atoms with E-state index in [2.05, 4.69) is 42.5 Å². The molecule has 1 aromatic heterocycles. The summed E-state index contributed by atoms with van der Waals surface area (Å²) in [5, 5.41) is 6.01. The van der Waals surface area contributed by atoms with Gasteiger partial charge in [-0.15, -0.1) is 0 Å². The molecule has 4 aromatic rings. The Morgan fingerprint density at radius 3 is 2.49 bits per heavy atom. The van der Waals surface area contributed by atoms with Gasteiger partial charge in [-0.3, -0.25) is 34.3 Å². The predicted molar refractivity (Wildman–Crippen MR) is 220 cm³/mol. The van der Waals surface area contributed by atoms with E-state index >= 15 is 0 Å². The number of Topliss-reactive ketones (excluding diaryl/α,β-unsaturated/α-hetero) is 1. The molecule has 9 rings (SSSR count). The molecule has 4 fully saturated rings. The summed E-state index contributed by atoms with van der Waals surface area (Å²) in [5.41, 5.74) is 3.49. The first-order valence-electron chi connectivity index (χ1n) is 20.2. The molecule has 4 aliphatic heterocycles. The van der Waals surface area contributed by atoms with E-state index < -0.39 is 29.6 Å². The molecule has 2 amide bonds. The second-order valence-electron chi connectivity index (χ2n) is 16.3. The van der Waals surface area contributed by atoms with Gasteiger partial charge < -0.3 is 19.7 Å². The van der Waals surface area contributed by atoms with Gasteiger partial charge in [0.2, 0.25) is 17.6 Å². The number of halogens is 3. The fraction of sp³-hybridized carbons (Fsp3) is 0.442. The number of amides is 2. The van der Waals surface area contributed by atoms with Crippen molar-refractivity contribution in [3.8, 4) is 11.5 Å². The number of aldehydes is 1. The molecule has 1 saturated carbocycles. The third kappa shape index (κ3) is 7.60. The van der Waals surface area contributed by atoms with Crippen molar-refractivity contribution in [1.29, 1.82) is 0 Å². The summed E-state index contributed by atoms with van der Waals surface area (Å²) < 4.78 is 27.2. The minimum absolute atomic E-state index is 0.000160. The molecule has 0 spiro atoms. The zero-order valence-corrected chi connectivity index (χ0v) is 34.0. The fourth-order valence-corrected chi connectivity index (χ4v) is 10.3. The van der Waals surface area contributed by atoms with E-state index in [-0.39, 0.29) is 34.2 Å². The van der Waals surface area contributed by atoms with Crippen molar-refractivity contribution in [1.82, 2.24) is 25.1 Å². The Kier molecular flexibility index (Phi) is 10.9. The minimum atomic E-state index is -0.846. The summed E-state index contributed by atoms with van der Waals surface area (Å²) in [6.45, 7) is 3.28. The van der Waals surface area contributed by atoms with Crippen LogP contribution in [0.2, 0.25) is 10.0 Å². The van der Waals surface area contributed by atoms with Crippen molar-refractivity contribution in [2.45, 2.75) is 88.2 Å². The van der Waals surface area contributed by atoms with Crippen LogP contribution in [0.25, 0.3) is 10.9 Å². The maximum atomic E-state index is 14.9. The van der Waals surface area contributed by atoms with Crippen LogP contribution >= 0.6 is 23.2 Å². The van der Waals surface area contributed by atoms with Crippen molar-refractivity contribution in [3.63, 3.8) is 0 Å². The molecular weight excluding hydrogens is 800 g/mol. The van der Waals surface area contributed by atoms with Crippen LogP contribution in [-0.4, -0.2) is 94.6 Å². The molecule has 2 N–H and O–H groups in total. The summed E-state index contributed by atoms with van der Waals surface area (Å²) >= 11 is 12.0. The number of anilines is 3. The van der Waals surface area contributed by atoms with E-state index in [1.165, 1.54) is 18.5 Å². The summed E-state index contributed by atoms with van der Waals surface area (Å²) in [6.07, 6.45) is 8.28. The Morgan fingerprint density at radius 2 is 1.76 bits per heavy atom. The number of rotatable bonds is 11. The average molecular weight is 845 g/mol. The van der Waals surface area contributed by atoms with Gasteiger partial charge in [-0.25, -0.2) is 14.4 Å². The highest BCUT2D eigenvalue weighted by Crippen LogP contribution is 2.43. The molecule has 2 bridgehead atoms. The summed E-state index contributed by atoms with van der Waals surface area (Å²) in [6, 6.07) is 12.0. The topological polar surface area (TPSA) is 146 Å². The number of hydrogen-bond donors (Lipinski definition) is 2. The van der Waals surface area contributed by atoms with Crippen LogP contribution in [0.3, 0.4) is 0 Å². The Balaban J connectivity index is 0.830. The lowest BCUT2D eigenvalue weighted by Crippen LogP contribution is -2.55. The lowest BCUT2D eigenvalue weighted by molar-refractivity contribution is -0.141. The smallest absolute Gasteiger partial charge is 0.243 e. The highest BCUT2D eigenvalue weighted by atomic mass is 35.5. The standard InChI is InChI=1S/C43H44Cl2FN7O6/c1-58-36-16-33-30(42(48-22-47-33)49-32-11-10-31(44)39(45)40(32)46)15-37(36)59-28-8-2-23(3-9-28)17-51-19-26-6-7-27(20-51)53(26)25-5-4-24-18-52(34-12-13-38(56)50-43(34)57)41(29(24)14-25)35(55)21-54/h4-5,10-11,14-16,21-23,26-28,34,41H,2-3,6-9,12-13,17-20H2,1H3,(H,47,48,49)(H,50,56,57). The predicted octanol–water partition coefficient (Wildman–Crippen LogP) is 6.55. The molecule has 308 valence electrons. The van der Waals surface area contributed by atoms with Crippen molar-refractivity contribution in [2.75, 3.05) is 37.0 Å². The average Bonchev–Trinajstić information content (AvgIpc) is 3.74. The molecule has 5 heterocycles. The van der Waals surface area contributed by atoms with Crippen molar-refractivity contribution >= 4 is 75.2 Å². The third-order valence-electron chi connectivity index (χ3n) is 12.8. The molecular formula is C43H44Cl2FN7O6. The molecule has 16 heteroatoms. The number of fused-ring (bicyclic) bond motifs is 4. The van der Waals surface area contributed by atoms with Crippen LogP contribution in [0.15, 0.2) is 48.8 Å². The van der Waals surface area contributed by atoms with Gasteiger partial charge in [0.05, 0.1) is 40.5 Å². The van der Waals surface area contributed by atoms with Gasteiger partial charge in [0.15, 0.2) is 23.6 Å². The van der Waals surface area contributed by atoms with Gasteiger partial charge >= 0.3 is 0 Å². The molecule has 3 aromatic carbocycles. The SMILES string of the molecule is COc1cc2ncnc(Nc3ccc(Cl)c(Cl)c3F)c2cc1OC1CCC(CN2CC3CCC(C2)N3c2ccc3c(c2)C(C(=O)C=O)N(C2CCC(=O)NC2=O)C3)CC1. The van der Waals surface area contributed by atoms with Crippen LogP contribution in [0.4, 0.5) is 21.6 Å². The number of aromatic nitrogens is 2. The number of likely N-dealkylation sites (tertiary alicyclic amines) is 1.